The van der Waals surface area contributed by atoms with Crippen molar-refractivity contribution in [3.63, 3.8) is 0 Å². The molecule has 3 rings (SSSR count). The first-order valence-corrected chi connectivity index (χ1v) is 6.81. The number of rotatable bonds is 2. The van der Waals surface area contributed by atoms with E-state index in [0.29, 0.717) is 5.25 Å². The van der Waals surface area contributed by atoms with E-state index in [9.17, 15) is 0 Å². The van der Waals surface area contributed by atoms with Gasteiger partial charge in [-0.05, 0) is 30.9 Å². The number of anilines is 1. The fourth-order valence-electron chi connectivity index (χ4n) is 1.85. The summed E-state index contributed by atoms with van der Waals surface area (Å²) in [6.07, 6.45) is 2.76. The standard InChI is InChI=1S/C12H13ClN2S/c13-9-3-1-2-4-10(9)15-12-14-7-11(16-12)8-5-6-8/h1-4,8,11H,5-7H2,(H,14,15). The summed E-state index contributed by atoms with van der Waals surface area (Å²) in [4.78, 5) is 4.52. The van der Waals surface area contributed by atoms with Gasteiger partial charge in [-0.25, -0.2) is 0 Å². The molecule has 84 valence electrons. The van der Waals surface area contributed by atoms with Gasteiger partial charge in [-0.3, -0.25) is 4.99 Å². The Labute approximate surface area is 104 Å². The molecule has 1 fully saturated rings. The molecule has 0 radical (unpaired) electrons. The summed E-state index contributed by atoms with van der Waals surface area (Å²) < 4.78 is 0. The Morgan fingerprint density at radius 2 is 2.12 bits per heavy atom. The van der Waals surface area contributed by atoms with Gasteiger partial charge in [0.25, 0.3) is 0 Å². The van der Waals surface area contributed by atoms with E-state index < -0.39 is 0 Å². The van der Waals surface area contributed by atoms with Crippen molar-refractivity contribution in [1.82, 2.24) is 0 Å². The molecule has 1 aliphatic carbocycles. The highest BCUT2D eigenvalue weighted by Gasteiger charge is 2.35. The van der Waals surface area contributed by atoms with Crippen LogP contribution < -0.4 is 5.32 Å². The summed E-state index contributed by atoms with van der Waals surface area (Å²) >= 11 is 7.95. The number of aliphatic imine (C=N–C) groups is 1. The van der Waals surface area contributed by atoms with Crippen LogP contribution in [0.25, 0.3) is 0 Å². The molecule has 1 aliphatic heterocycles. The van der Waals surface area contributed by atoms with Gasteiger partial charge in [-0.2, -0.15) is 0 Å². The van der Waals surface area contributed by atoms with Gasteiger partial charge in [-0.1, -0.05) is 35.5 Å². The number of amidine groups is 1. The smallest absolute Gasteiger partial charge is 0.161 e. The maximum atomic E-state index is 6.09. The second-order valence-corrected chi connectivity index (χ2v) is 5.88. The number of nitrogens with one attached hydrogen (secondary N) is 1. The number of hydrogen-bond donors (Lipinski definition) is 1. The molecular formula is C12H13ClN2S. The summed E-state index contributed by atoms with van der Waals surface area (Å²) in [7, 11) is 0. The second-order valence-electron chi connectivity index (χ2n) is 4.24. The molecule has 1 aromatic carbocycles. The lowest BCUT2D eigenvalue weighted by Gasteiger charge is -2.08. The van der Waals surface area contributed by atoms with Crippen LogP contribution in [0.3, 0.4) is 0 Å². The largest absolute Gasteiger partial charge is 0.334 e. The summed E-state index contributed by atoms with van der Waals surface area (Å²) in [5.74, 6) is 0.902. The molecule has 16 heavy (non-hydrogen) atoms. The zero-order chi connectivity index (χ0) is 11.0. The number of thioether (sulfide) groups is 1. The highest BCUT2D eigenvalue weighted by molar-refractivity contribution is 8.15. The van der Waals surface area contributed by atoms with E-state index in [0.717, 1.165) is 28.3 Å². The number of hydrogen-bond acceptors (Lipinski definition) is 3. The Kier molecular flexibility index (Phi) is 2.82. The molecule has 1 aromatic rings. The molecule has 0 bridgehead atoms. The summed E-state index contributed by atoms with van der Waals surface area (Å²) in [6, 6.07) is 7.79. The molecule has 2 nitrogen and oxygen atoms in total. The Hall–Kier alpha value is -0.670. The molecule has 2 aliphatic rings. The Bertz CT molecular complexity index is 429. The van der Waals surface area contributed by atoms with Crippen LogP contribution in [0, 0.1) is 5.92 Å². The third-order valence-corrected chi connectivity index (χ3v) is 4.56. The topological polar surface area (TPSA) is 24.4 Å². The third kappa shape index (κ3) is 2.20. The quantitative estimate of drug-likeness (QED) is 0.869. The maximum absolute atomic E-state index is 6.09. The molecule has 1 heterocycles. The van der Waals surface area contributed by atoms with Crippen LogP contribution in [0.15, 0.2) is 29.3 Å². The van der Waals surface area contributed by atoms with Gasteiger partial charge < -0.3 is 5.32 Å². The molecule has 0 aromatic heterocycles. The minimum Gasteiger partial charge on any atom is -0.334 e. The summed E-state index contributed by atoms with van der Waals surface area (Å²) in [5, 5.41) is 5.77. The van der Waals surface area contributed by atoms with Crippen LogP contribution in [0.4, 0.5) is 5.69 Å². The zero-order valence-electron chi connectivity index (χ0n) is 8.82. The van der Waals surface area contributed by atoms with Gasteiger partial charge in [0.1, 0.15) is 0 Å². The number of benzene rings is 1. The highest BCUT2D eigenvalue weighted by atomic mass is 35.5. The van der Waals surface area contributed by atoms with Crippen LogP contribution in [0.2, 0.25) is 5.02 Å². The molecule has 0 saturated heterocycles. The molecule has 1 N–H and O–H groups in total. The lowest BCUT2D eigenvalue weighted by Crippen LogP contribution is -2.09. The van der Waals surface area contributed by atoms with Crippen LogP contribution in [-0.2, 0) is 0 Å². The van der Waals surface area contributed by atoms with Gasteiger partial charge in [0.15, 0.2) is 5.17 Å². The molecule has 0 spiro atoms. The van der Waals surface area contributed by atoms with Crippen molar-refractivity contribution in [2.24, 2.45) is 10.9 Å². The molecule has 4 heteroatoms. The molecular weight excluding hydrogens is 240 g/mol. The fraction of sp³-hybridized carbons (Fsp3) is 0.417. The lowest BCUT2D eigenvalue weighted by atomic mass is 10.3. The van der Waals surface area contributed by atoms with E-state index in [-0.39, 0.29) is 0 Å². The minimum atomic E-state index is 0.699. The Morgan fingerprint density at radius 1 is 1.31 bits per heavy atom. The summed E-state index contributed by atoms with van der Waals surface area (Å²) in [5.41, 5.74) is 0.951. The van der Waals surface area contributed by atoms with Crippen LogP contribution >= 0.6 is 23.4 Å². The molecule has 1 unspecified atom stereocenters. The molecule has 0 amide bonds. The lowest BCUT2D eigenvalue weighted by molar-refractivity contribution is 0.773. The monoisotopic (exact) mass is 252 g/mol. The van der Waals surface area contributed by atoms with Gasteiger partial charge in [0, 0.05) is 5.25 Å². The Balaban J connectivity index is 1.65. The normalized spacial score (nSPS) is 24.3. The molecule has 1 atom stereocenters. The van der Waals surface area contributed by atoms with E-state index in [1.807, 2.05) is 36.0 Å². The average molecular weight is 253 g/mol. The number of nitrogens with zero attached hydrogens (tertiary/aromatic N) is 1. The predicted octanol–water partition coefficient (Wildman–Crippen LogP) is 3.63. The van der Waals surface area contributed by atoms with Crippen LogP contribution in [0.5, 0.6) is 0 Å². The van der Waals surface area contributed by atoms with Crippen molar-refractivity contribution >= 4 is 34.2 Å². The number of halogens is 1. The number of para-hydroxylation sites is 1. The fourth-order valence-corrected chi connectivity index (χ4v) is 3.25. The van der Waals surface area contributed by atoms with Gasteiger partial charge >= 0.3 is 0 Å². The van der Waals surface area contributed by atoms with Crippen molar-refractivity contribution in [3.8, 4) is 0 Å². The van der Waals surface area contributed by atoms with Gasteiger partial charge in [0.2, 0.25) is 0 Å². The van der Waals surface area contributed by atoms with Gasteiger partial charge in [-0.15, -0.1) is 0 Å². The SMILES string of the molecule is Clc1ccccc1NC1=NCC(C2CC2)S1. The zero-order valence-corrected chi connectivity index (χ0v) is 10.4. The van der Waals surface area contributed by atoms with Crippen molar-refractivity contribution in [2.75, 3.05) is 11.9 Å². The van der Waals surface area contributed by atoms with Crippen molar-refractivity contribution in [2.45, 2.75) is 18.1 Å². The second kappa shape index (κ2) is 4.30. The van der Waals surface area contributed by atoms with Crippen LogP contribution in [0.1, 0.15) is 12.8 Å². The predicted molar refractivity (Wildman–Crippen MR) is 71.5 cm³/mol. The average Bonchev–Trinajstić information content (AvgIpc) is 3.03. The van der Waals surface area contributed by atoms with Crippen molar-refractivity contribution in [1.29, 1.82) is 0 Å². The molecule has 1 saturated carbocycles. The highest BCUT2D eigenvalue weighted by Crippen LogP contribution is 2.42. The van der Waals surface area contributed by atoms with E-state index >= 15 is 0 Å². The first-order chi connectivity index (χ1) is 7.83. The van der Waals surface area contributed by atoms with Gasteiger partial charge in [0.05, 0.1) is 17.3 Å². The summed E-state index contributed by atoms with van der Waals surface area (Å²) in [6.45, 7) is 0.960. The van der Waals surface area contributed by atoms with Crippen LogP contribution in [-0.4, -0.2) is 17.0 Å². The third-order valence-electron chi connectivity index (χ3n) is 2.94. The van der Waals surface area contributed by atoms with E-state index in [2.05, 4.69) is 10.3 Å². The maximum Gasteiger partial charge on any atom is 0.161 e. The first kappa shape index (κ1) is 10.5. The minimum absolute atomic E-state index is 0.699. The Morgan fingerprint density at radius 3 is 2.88 bits per heavy atom. The van der Waals surface area contributed by atoms with E-state index in [1.54, 1.807) is 0 Å². The van der Waals surface area contributed by atoms with E-state index in [4.69, 9.17) is 11.6 Å². The van der Waals surface area contributed by atoms with E-state index in [1.165, 1.54) is 12.8 Å². The first-order valence-electron chi connectivity index (χ1n) is 5.55. The van der Waals surface area contributed by atoms with Crippen molar-refractivity contribution < 1.29 is 0 Å². The van der Waals surface area contributed by atoms with Crippen molar-refractivity contribution in [3.05, 3.63) is 29.3 Å².